The number of halogens is 1. The molecule has 14 heteroatoms. The Labute approximate surface area is 191 Å². The monoisotopic (exact) mass is 530 g/mol. The second kappa shape index (κ2) is 8.32. The summed E-state index contributed by atoms with van der Waals surface area (Å²) in [4.78, 5) is 38.5. The number of carbonyl (C=O) groups is 3. The van der Waals surface area contributed by atoms with Gasteiger partial charge in [-0.2, -0.15) is 5.10 Å². The molecule has 1 fully saturated rings. The van der Waals surface area contributed by atoms with Gasteiger partial charge in [0.15, 0.2) is 4.34 Å². The highest BCUT2D eigenvalue weighted by molar-refractivity contribution is 9.10. The summed E-state index contributed by atoms with van der Waals surface area (Å²) >= 11 is 7.53. The molecule has 2 atom stereocenters. The Balaban J connectivity index is 1.50. The van der Waals surface area contributed by atoms with Crippen molar-refractivity contribution < 1.29 is 19.5 Å². The summed E-state index contributed by atoms with van der Waals surface area (Å²) in [5.41, 5.74) is 0.930. The quantitative estimate of drug-likeness (QED) is 0.421. The summed E-state index contributed by atoms with van der Waals surface area (Å²) in [6.45, 7) is 1.85. The number of β-lactam (4-membered cyclic amide) rings is 1. The Morgan fingerprint density at radius 2 is 2.20 bits per heavy atom. The molecule has 0 aromatic carbocycles. The lowest BCUT2D eigenvalue weighted by atomic mass is 10.0. The molecule has 4 rings (SSSR count). The van der Waals surface area contributed by atoms with Crippen molar-refractivity contribution in [3.05, 3.63) is 32.6 Å². The molecule has 2 aromatic rings. The number of carbonyl (C=O) groups excluding carboxylic acids is 2. The van der Waals surface area contributed by atoms with Crippen molar-refractivity contribution >= 4 is 68.6 Å². The first-order valence-electron chi connectivity index (χ1n) is 8.59. The Kier molecular flexibility index (Phi) is 5.92. The number of hydrogen-bond acceptors (Lipinski definition) is 9. The summed E-state index contributed by atoms with van der Waals surface area (Å²) in [6, 6.07) is -0.793. The summed E-state index contributed by atoms with van der Waals surface area (Å²) in [5.74, 6) is -1.20. The molecule has 0 saturated carbocycles. The number of aryl methyl sites for hydroxylation is 2. The molecule has 2 aromatic heterocycles. The van der Waals surface area contributed by atoms with Gasteiger partial charge in [-0.1, -0.05) is 23.1 Å². The summed E-state index contributed by atoms with van der Waals surface area (Å²) in [7, 11) is 1.62. The van der Waals surface area contributed by atoms with Crippen LogP contribution in [0.3, 0.4) is 0 Å². The van der Waals surface area contributed by atoms with Gasteiger partial charge in [0, 0.05) is 18.6 Å². The average Bonchev–Trinajstić information content (AvgIpc) is 3.27. The van der Waals surface area contributed by atoms with Gasteiger partial charge in [-0.05, 0) is 28.4 Å². The van der Waals surface area contributed by atoms with Crippen molar-refractivity contribution in [1.29, 1.82) is 0 Å². The van der Waals surface area contributed by atoms with Gasteiger partial charge in [-0.25, -0.2) is 4.79 Å². The molecule has 0 unspecified atom stereocenters. The van der Waals surface area contributed by atoms with Gasteiger partial charge in [0.05, 0.1) is 10.7 Å². The van der Waals surface area contributed by atoms with E-state index in [0.717, 1.165) is 9.35 Å². The number of nitrogens with zero attached hydrogens (tertiary/aromatic N) is 5. The lowest BCUT2D eigenvalue weighted by molar-refractivity contribution is -0.148. The smallest absolute Gasteiger partial charge is 0.352 e. The Bertz CT molecular complexity index is 1060. The fraction of sp³-hybridized carbons (Fsp3) is 0.375. The van der Waals surface area contributed by atoms with E-state index in [1.54, 1.807) is 7.05 Å². The van der Waals surface area contributed by atoms with Crippen LogP contribution in [0.25, 0.3) is 0 Å². The molecule has 0 spiro atoms. The van der Waals surface area contributed by atoms with Crippen LogP contribution in [0.1, 0.15) is 15.5 Å². The number of hydrogen-bond donors (Lipinski definition) is 2. The van der Waals surface area contributed by atoms with Gasteiger partial charge in [0.1, 0.15) is 27.8 Å². The maximum absolute atomic E-state index is 12.7. The topological polar surface area (TPSA) is 130 Å². The van der Waals surface area contributed by atoms with Gasteiger partial charge in [0.2, 0.25) is 0 Å². The molecule has 10 nitrogen and oxygen atoms in total. The Morgan fingerprint density at radius 3 is 2.80 bits per heavy atom. The number of nitrogens with one attached hydrogen (secondary N) is 1. The van der Waals surface area contributed by atoms with Crippen LogP contribution in [0.2, 0.25) is 0 Å². The molecule has 0 aliphatic carbocycles. The lowest BCUT2D eigenvalue weighted by Crippen LogP contribution is -2.70. The highest BCUT2D eigenvalue weighted by atomic mass is 79.9. The van der Waals surface area contributed by atoms with Gasteiger partial charge in [0.25, 0.3) is 11.8 Å². The average molecular weight is 531 g/mol. The van der Waals surface area contributed by atoms with Gasteiger partial charge in [-0.15, -0.1) is 22.0 Å². The molecule has 2 aliphatic heterocycles. The van der Waals surface area contributed by atoms with E-state index in [1.807, 2.05) is 6.92 Å². The SMILES string of the molecule is Cc1nnc(SCC2=C(C(=O)O)N3C(=O)[C@H](NC(=O)c4c(Br)cnn4C)[C@@H]3SC2)s1. The van der Waals surface area contributed by atoms with Crippen molar-refractivity contribution in [3.63, 3.8) is 0 Å². The first-order chi connectivity index (χ1) is 14.3. The number of amides is 2. The molecule has 1 saturated heterocycles. The predicted octanol–water partition coefficient (Wildman–Crippen LogP) is 1.49. The third-order valence-corrected chi connectivity index (χ3v) is 8.50. The highest BCUT2D eigenvalue weighted by Gasteiger charge is 2.54. The van der Waals surface area contributed by atoms with Crippen LogP contribution in [0.5, 0.6) is 0 Å². The van der Waals surface area contributed by atoms with Crippen LogP contribution in [0.4, 0.5) is 0 Å². The summed E-state index contributed by atoms with van der Waals surface area (Å²) < 4.78 is 2.67. The van der Waals surface area contributed by atoms with Gasteiger partial charge < -0.3 is 10.4 Å². The van der Waals surface area contributed by atoms with Crippen molar-refractivity contribution in [2.75, 3.05) is 11.5 Å². The lowest BCUT2D eigenvalue weighted by Gasteiger charge is -2.49. The second-order valence-corrected chi connectivity index (χ2v) is 10.8. The van der Waals surface area contributed by atoms with Gasteiger partial charge >= 0.3 is 5.97 Å². The minimum atomic E-state index is -1.16. The maximum atomic E-state index is 12.7. The summed E-state index contributed by atoms with van der Waals surface area (Å²) in [5, 5.41) is 24.8. The normalized spacial score (nSPS) is 20.8. The molecular weight excluding hydrogens is 516 g/mol. The highest BCUT2D eigenvalue weighted by Crippen LogP contribution is 2.41. The molecule has 30 heavy (non-hydrogen) atoms. The van der Waals surface area contributed by atoms with E-state index in [0.29, 0.717) is 27.2 Å². The zero-order valence-corrected chi connectivity index (χ0v) is 19.7. The minimum Gasteiger partial charge on any atom is -0.477 e. The van der Waals surface area contributed by atoms with Crippen LogP contribution in [-0.4, -0.2) is 70.7 Å². The number of carboxylic acids is 1. The summed E-state index contributed by atoms with van der Waals surface area (Å²) in [6.07, 6.45) is 1.49. The first kappa shape index (κ1) is 21.3. The van der Waals surface area contributed by atoms with Crippen molar-refractivity contribution in [3.8, 4) is 0 Å². The van der Waals surface area contributed by atoms with E-state index < -0.39 is 29.2 Å². The number of aromatic nitrogens is 4. The fourth-order valence-electron chi connectivity index (χ4n) is 3.16. The van der Waals surface area contributed by atoms with E-state index in [4.69, 9.17) is 0 Å². The third-order valence-electron chi connectivity index (χ3n) is 4.52. The predicted molar refractivity (Wildman–Crippen MR) is 115 cm³/mol. The van der Waals surface area contributed by atoms with Crippen molar-refractivity contribution in [1.82, 2.24) is 30.2 Å². The molecule has 2 N–H and O–H groups in total. The first-order valence-corrected chi connectivity index (χ1v) is 12.2. The number of aliphatic carboxylic acids is 1. The Morgan fingerprint density at radius 1 is 1.43 bits per heavy atom. The van der Waals surface area contributed by atoms with E-state index in [9.17, 15) is 19.5 Å². The molecule has 4 heterocycles. The zero-order valence-electron chi connectivity index (χ0n) is 15.7. The van der Waals surface area contributed by atoms with Crippen LogP contribution in [0, 0.1) is 6.92 Å². The third kappa shape index (κ3) is 3.76. The molecule has 2 aliphatic rings. The Hall–Kier alpha value is -1.90. The van der Waals surface area contributed by atoms with Gasteiger partial charge in [-0.3, -0.25) is 19.2 Å². The van der Waals surface area contributed by atoms with Crippen molar-refractivity contribution in [2.45, 2.75) is 22.7 Å². The number of rotatable bonds is 6. The molecule has 158 valence electrons. The van der Waals surface area contributed by atoms with Crippen LogP contribution in [-0.2, 0) is 16.6 Å². The second-order valence-electron chi connectivity index (χ2n) is 6.46. The zero-order chi connectivity index (χ0) is 21.6. The standard InChI is InChI=1S/C16H15BrN6O4S3/c1-6-20-21-16(30-6)29-5-7-4-28-14-9(13(25)23(14)10(7)15(26)27)19-12(24)11-8(17)3-18-22(11)2/h3,9,14H,4-5H2,1-2H3,(H,19,24)(H,26,27)/t9-,14-/m0/s1. The maximum Gasteiger partial charge on any atom is 0.352 e. The number of thioether (sulfide) groups is 2. The molecular formula is C16H15BrN6O4S3. The largest absolute Gasteiger partial charge is 0.477 e. The van der Waals surface area contributed by atoms with E-state index >= 15 is 0 Å². The fourth-order valence-corrected chi connectivity index (χ4v) is 6.98. The van der Waals surface area contributed by atoms with Crippen LogP contribution < -0.4 is 5.32 Å². The van der Waals surface area contributed by atoms with Crippen molar-refractivity contribution in [2.24, 2.45) is 7.05 Å². The van der Waals surface area contributed by atoms with E-state index in [2.05, 4.69) is 36.5 Å². The minimum absolute atomic E-state index is 0.00954. The molecule has 0 radical (unpaired) electrons. The van der Waals surface area contributed by atoms with E-state index in [-0.39, 0.29) is 5.70 Å². The molecule has 2 amide bonds. The van der Waals surface area contributed by atoms with Crippen LogP contribution in [0.15, 0.2) is 26.3 Å². The van der Waals surface area contributed by atoms with E-state index in [1.165, 1.54) is 50.6 Å². The number of carboxylic acid groups (broad SMARTS) is 1. The number of fused-ring (bicyclic) bond motifs is 1. The molecule has 0 bridgehead atoms. The van der Waals surface area contributed by atoms with Crippen LogP contribution >= 0.6 is 50.8 Å².